The van der Waals surface area contributed by atoms with E-state index in [2.05, 4.69) is 10.3 Å². The van der Waals surface area contributed by atoms with Crippen LogP contribution in [0, 0.1) is 0 Å². The van der Waals surface area contributed by atoms with Gasteiger partial charge in [-0.2, -0.15) is 0 Å². The lowest BCUT2D eigenvalue weighted by molar-refractivity contribution is -0.0607. The Kier molecular flexibility index (Phi) is 4.52. The Labute approximate surface area is 139 Å². The first-order valence-electron chi connectivity index (χ1n) is 7.58. The predicted octanol–water partition coefficient (Wildman–Crippen LogP) is 2.10. The number of anilines is 1. The van der Waals surface area contributed by atoms with Gasteiger partial charge in [0.2, 0.25) is 0 Å². The molecule has 0 aliphatic carbocycles. The largest absolute Gasteiger partial charge is 0.493 e. The smallest absolute Gasteiger partial charge is 0.296 e. The molecule has 0 radical (unpaired) electrons. The van der Waals surface area contributed by atoms with Crippen molar-refractivity contribution >= 4 is 11.7 Å². The van der Waals surface area contributed by atoms with Gasteiger partial charge in [-0.05, 0) is 35.7 Å². The number of benzene rings is 1. The second kappa shape index (κ2) is 6.76. The number of ether oxygens (including phenoxy) is 2. The maximum Gasteiger partial charge on any atom is 0.296 e. The van der Waals surface area contributed by atoms with E-state index in [9.17, 15) is 10.0 Å². The van der Waals surface area contributed by atoms with E-state index in [0.29, 0.717) is 47.6 Å². The third kappa shape index (κ3) is 3.11. The van der Waals surface area contributed by atoms with Crippen molar-refractivity contribution in [2.45, 2.75) is 13.0 Å². The van der Waals surface area contributed by atoms with Gasteiger partial charge in [0.25, 0.3) is 5.91 Å². The van der Waals surface area contributed by atoms with E-state index in [1.165, 1.54) is 0 Å². The minimum Gasteiger partial charge on any atom is -0.493 e. The summed E-state index contributed by atoms with van der Waals surface area (Å²) in [7, 11) is 3.18. The third-order valence-corrected chi connectivity index (χ3v) is 3.93. The molecule has 7 heteroatoms. The number of nitrogens with zero attached hydrogens (tertiary/aromatic N) is 2. The predicted molar refractivity (Wildman–Crippen MR) is 87.6 cm³/mol. The van der Waals surface area contributed by atoms with Gasteiger partial charge in [-0.1, -0.05) is 12.1 Å². The second-order valence-corrected chi connectivity index (χ2v) is 5.43. The normalized spacial score (nSPS) is 13.5. The summed E-state index contributed by atoms with van der Waals surface area (Å²) in [4.78, 5) is 16.3. The summed E-state index contributed by atoms with van der Waals surface area (Å²) >= 11 is 0. The van der Waals surface area contributed by atoms with Crippen molar-refractivity contribution in [3.8, 4) is 11.5 Å². The molecule has 24 heavy (non-hydrogen) atoms. The summed E-state index contributed by atoms with van der Waals surface area (Å²) in [5.74, 6) is 1.43. The highest BCUT2D eigenvalue weighted by molar-refractivity contribution is 5.94. The molecule has 0 atom stereocenters. The van der Waals surface area contributed by atoms with Crippen LogP contribution in [0.25, 0.3) is 0 Å². The van der Waals surface area contributed by atoms with Crippen LogP contribution in [0.2, 0.25) is 0 Å². The van der Waals surface area contributed by atoms with Gasteiger partial charge in [-0.15, -0.1) is 0 Å². The first-order valence-corrected chi connectivity index (χ1v) is 7.58. The summed E-state index contributed by atoms with van der Waals surface area (Å²) in [5, 5.41) is 13.4. The van der Waals surface area contributed by atoms with E-state index < -0.39 is 5.91 Å². The average molecular weight is 329 g/mol. The van der Waals surface area contributed by atoms with Gasteiger partial charge in [0.15, 0.2) is 11.5 Å². The van der Waals surface area contributed by atoms with Gasteiger partial charge < -0.3 is 14.8 Å². The first kappa shape index (κ1) is 16.1. The number of hydrogen-bond acceptors (Lipinski definition) is 6. The molecule has 1 aromatic carbocycles. The van der Waals surface area contributed by atoms with Crippen molar-refractivity contribution in [2.75, 3.05) is 26.1 Å². The van der Waals surface area contributed by atoms with Crippen LogP contribution in [-0.4, -0.2) is 41.9 Å². The van der Waals surface area contributed by atoms with Crippen molar-refractivity contribution in [1.29, 1.82) is 0 Å². The molecule has 0 unspecified atom stereocenters. The van der Waals surface area contributed by atoms with Crippen LogP contribution < -0.4 is 14.8 Å². The number of fused-ring (bicyclic) bond motifs is 1. The molecular formula is C17H19N3O4. The lowest BCUT2D eigenvalue weighted by atomic mass is 10.1. The van der Waals surface area contributed by atoms with Crippen molar-refractivity contribution in [2.24, 2.45) is 0 Å². The van der Waals surface area contributed by atoms with Crippen molar-refractivity contribution in [1.82, 2.24) is 10.0 Å². The van der Waals surface area contributed by atoms with Gasteiger partial charge >= 0.3 is 0 Å². The number of carbonyl (C=O) groups excluding carboxylic acids is 1. The number of methoxy groups -OCH3 is 2. The fraction of sp³-hybridized carbons (Fsp3) is 0.294. The van der Waals surface area contributed by atoms with E-state index in [-0.39, 0.29) is 0 Å². The highest BCUT2D eigenvalue weighted by Gasteiger charge is 2.24. The standard InChI is InChI=1S/C17H19N3O4/c1-23-13-5-3-11(9-14(13)24-2)10-18-15-6-4-12-7-8-20(22)17(21)16(12)19-15/h3-6,9,22H,7-8,10H2,1-2H3,(H,18,19). The molecule has 2 aromatic rings. The second-order valence-electron chi connectivity index (χ2n) is 5.43. The van der Waals surface area contributed by atoms with Crippen molar-refractivity contribution in [3.63, 3.8) is 0 Å². The number of amides is 1. The monoisotopic (exact) mass is 329 g/mol. The Hall–Kier alpha value is -2.80. The minimum absolute atomic E-state index is 0.293. The molecule has 0 saturated carbocycles. The number of hydrogen-bond donors (Lipinski definition) is 2. The molecule has 0 spiro atoms. The van der Waals surface area contributed by atoms with Crippen LogP contribution in [0.15, 0.2) is 30.3 Å². The number of hydroxylamine groups is 2. The highest BCUT2D eigenvalue weighted by atomic mass is 16.5. The molecule has 0 fully saturated rings. The molecule has 0 saturated heterocycles. The lowest BCUT2D eigenvalue weighted by Gasteiger charge is -2.22. The molecule has 1 amide bonds. The zero-order chi connectivity index (χ0) is 17.1. The molecule has 1 aromatic heterocycles. The SMILES string of the molecule is COc1ccc(CNc2ccc3c(n2)C(=O)N(O)CC3)cc1OC. The Morgan fingerprint density at radius 3 is 2.75 bits per heavy atom. The number of aromatic nitrogens is 1. The zero-order valence-corrected chi connectivity index (χ0v) is 13.6. The molecule has 1 aliphatic rings. The van der Waals surface area contributed by atoms with Crippen LogP contribution in [0.1, 0.15) is 21.6 Å². The quantitative estimate of drug-likeness (QED) is 0.817. The summed E-state index contributed by atoms with van der Waals surface area (Å²) in [6, 6.07) is 9.34. The van der Waals surface area contributed by atoms with Gasteiger partial charge in [-0.25, -0.2) is 10.0 Å². The molecule has 126 valence electrons. The molecular weight excluding hydrogens is 310 g/mol. The number of rotatable bonds is 5. The maximum atomic E-state index is 12.0. The van der Waals surface area contributed by atoms with E-state index >= 15 is 0 Å². The number of carbonyl (C=O) groups is 1. The van der Waals surface area contributed by atoms with Crippen LogP contribution in [0.5, 0.6) is 11.5 Å². The molecule has 2 heterocycles. The van der Waals surface area contributed by atoms with E-state index in [0.717, 1.165) is 11.1 Å². The topological polar surface area (TPSA) is 83.9 Å². The fourth-order valence-electron chi connectivity index (χ4n) is 2.61. The third-order valence-electron chi connectivity index (χ3n) is 3.93. The van der Waals surface area contributed by atoms with E-state index in [1.807, 2.05) is 30.3 Å². The average Bonchev–Trinajstić information content (AvgIpc) is 2.63. The first-order chi connectivity index (χ1) is 11.6. The van der Waals surface area contributed by atoms with Crippen LogP contribution >= 0.6 is 0 Å². The molecule has 0 bridgehead atoms. The van der Waals surface area contributed by atoms with Gasteiger partial charge in [0.05, 0.1) is 20.8 Å². The number of pyridine rings is 1. The van der Waals surface area contributed by atoms with Gasteiger partial charge in [-0.3, -0.25) is 10.0 Å². The molecule has 3 rings (SSSR count). The van der Waals surface area contributed by atoms with Gasteiger partial charge in [0.1, 0.15) is 11.5 Å². The summed E-state index contributed by atoms with van der Waals surface area (Å²) in [6.45, 7) is 0.815. The molecule has 7 nitrogen and oxygen atoms in total. The van der Waals surface area contributed by atoms with Crippen molar-refractivity contribution in [3.05, 3.63) is 47.2 Å². The molecule has 1 aliphatic heterocycles. The Morgan fingerprint density at radius 1 is 1.21 bits per heavy atom. The van der Waals surface area contributed by atoms with Crippen LogP contribution in [-0.2, 0) is 13.0 Å². The number of nitrogens with one attached hydrogen (secondary N) is 1. The summed E-state index contributed by atoms with van der Waals surface area (Å²) < 4.78 is 10.5. The van der Waals surface area contributed by atoms with E-state index in [1.54, 1.807) is 14.2 Å². The summed E-state index contributed by atoms with van der Waals surface area (Å²) in [6.07, 6.45) is 0.598. The Bertz CT molecular complexity index is 763. The minimum atomic E-state index is -0.467. The lowest BCUT2D eigenvalue weighted by Crippen LogP contribution is -2.35. The van der Waals surface area contributed by atoms with Crippen molar-refractivity contribution < 1.29 is 19.5 Å². The Morgan fingerprint density at radius 2 is 2.00 bits per heavy atom. The van der Waals surface area contributed by atoms with E-state index in [4.69, 9.17) is 9.47 Å². The summed E-state index contributed by atoms with van der Waals surface area (Å²) in [5.41, 5.74) is 2.13. The molecule has 2 N–H and O–H groups in total. The van der Waals surface area contributed by atoms with Crippen LogP contribution in [0.4, 0.5) is 5.82 Å². The zero-order valence-electron chi connectivity index (χ0n) is 13.6. The maximum absolute atomic E-state index is 12.0. The highest BCUT2D eigenvalue weighted by Crippen LogP contribution is 2.28. The van der Waals surface area contributed by atoms with Crippen LogP contribution in [0.3, 0.4) is 0 Å². The fourth-order valence-corrected chi connectivity index (χ4v) is 2.61. The Balaban J connectivity index is 1.75. The van der Waals surface area contributed by atoms with Gasteiger partial charge in [0, 0.05) is 6.54 Å².